The maximum absolute atomic E-state index is 11.6. The molecule has 7 heteroatoms. The van der Waals surface area contributed by atoms with Gasteiger partial charge in [-0.3, -0.25) is 4.48 Å². The molecule has 0 fully saturated rings. The summed E-state index contributed by atoms with van der Waals surface area (Å²) in [4.78, 5) is 34.6. The summed E-state index contributed by atoms with van der Waals surface area (Å²) in [5.41, 5.74) is 0. The summed E-state index contributed by atoms with van der Waals surface area (Å²) in [6, 6.07) is -3.63. The van der Waals surface area contributed by atoms with Crippen LogP contribution in [0.3, 0.4) is 0 Å². The molecule has 0 aromatic heterocycles. The molecule has 0 bridgehead atoms. The SMILES string of the molecule is CCCCC/C=C/CC[N+](C(C)C(=O)[O-])(C(C)C(=O)O)C(C)C(=O)O. The summed E-state index contributed by atoms with van der Waals surface area (Å²) in [5, 5.41) is 30.4. The zero-order valence-electron chi connectivity index (χ0n) is 15.6. The van der Waals surface area contributed by atoms with Crippen molar-refractivity contribution in [2.45, 2.75) is 77.9 Å². The van der Waals surface area contributed by atoms with Gasteiger partial charge in [0.15, 0.2) is 12.1 Å². The quantitative estimate of drug-likeness (QED) is 0.293. The van der Waals surface area contributed by atoms with Crippen LogP contribution in [-0.4, -0.2) is 57.3 Å². The molecule has 0 aliphatic heterocycles. The van der Waals surface area contributed by atoms with Gasteiger partial charge in [-0.15, -0.1) is 0 Å². The van der Waals surface area contributed by atoms with E-state index in [1.54, 1.807) is 0 Å². The van der Waals surface area contributed by atoms with Gasteiger partial charge < -0.3 is 20.1 Å². The smallest absolute Gasteiger partial charge is 0.362 e. The van der Waals surface area contributed by atoms with Crippen molar-refractivity contribution in [2.75, 3.05) is 6.54 Å². The lowest BCUT2D eigenvalue weighted by molar-refractivity contribution is -0.969. The first-order chi connectivity index (χ1) is 11.6. The van der Waals surface area contributed by atoms with E-state index in [9.17, 15) is 29.7 Å². The van der Waals surface area contributed by atoms with E-state index in [1.807, 2.05) is 12.2 Å². The van der Waals surface area contributed by atoms with Gasteiger partial charge in [-0.1, -0.05) is 31.9 Å². The molecule has 144 valence electrons. The van der Waals surface area contributed by atoms with E-state index in [-0.39, 0.29) is 6.54 Å². The van der Waals surface area contributed by atoms with E-state index in [1.165, 1.54) is 20.8 Å². The van der Waals surface area contributed by atoms with E-state index < -0.39 is 40.5 Å². The number of carbonyl (C=O) groups is 3. The predicted molar refractivity (Wildman–Crippen MR) is 91.7 cm³/mol. The summed E-state index contributed by atoms with van der Waals surface area (Å²) in [5.74, 6) is -3.91. The summed E-state index contributed by atoms with van der Waals surface area (Å²) in [6.07, 6.45) is 8.44. The second-order valence-electron chi connectivity index (χ2n) is 6.50. The summed E-state index contributed by atoms with van der Waals surface area (Å²) in [7, 11) is 0. The molecule has 0 amide bonds. The lowest BCUT2D eigenvalue weighted by Gasteiger charge is -2.49. The summed E-state index contributed by atoms with van der Waals surface area (Å²) >= 11 is 0. The number of carbonyl (C=O) groups excluding carboxylic acids is 1. The second-order valence-corrected chi connectivity index (χ2v) is 6.50. The minimum absolute atomic E-state index is 0.0976. The molecule has 25 heavy (non-hydrogen) atoms. The van der Waals surface area contributed by atoms with Crippen molar-refractivity contribution in [1.82, 2.24) is 0 Å². The van der Waals surface area contributed by atoms with Crippen LogP contribution < -0.4 is 5.11 Å². The van der Waals surface area contributed by atoms with E-state index in [0.29, 0.717) is 6.42 Å². The Morgan fingerprint density at radius 1 is 0.920 bits per heavy atom. The highest BCUT2D eigenvalue weighted by atomic mass is 16.4. The molecular weight excluding hydrogens is 326 g/mol. The van der Waals surface area contributed by atoms with Crippen molar-refractivity contribution in [2.24, 2.45) is 0 Å². The van der Waals surface area contributed by atoms with Gasteiger partial charge in [0.2, 0.25) is 0 Å². The van der Waals surface area contributed by atoms with Gasteiger partial charge in [0.1, 0.15) is 6.04 Å². The fraction of sp³-hybridized carbons (Fsp3) is 0.722. The Kier molecular flexibility index (Phi) is 10.0. The van der Waals surface area contributed by atoms with Gasteiger partial charge in [0.05, 0.1) is 12.5 Å². The largest absolute Gasteiger partial charge is 0.544 e. The molecule has 0 rings (SSSR count). The Hall–Kier alpha value is -1.89. The fourth-order valence-electron chi connectivity index (χ4n) is 3.24. The number of carboxylic acid groups (broad SMARTS) is 3. The first-order valence-corrected chi connectivity index (χ1v) is 8.81. The lowest BCUT2D eigenvalue weighted by atomic mass is 10.0. The molecular formula is C18H31NO6. The highest BCUT2D eigenvalue weighted by Crippen LogP contribution is 2.26. The monoisotopic (exact) mass is 357 g/mol. The number of rotatable bonds is 13. The van der Waals surface area contributed by atoms with Crippen molar-refractivity contribution in [1.29, 1.82) is 0 Å². The fourth-order valence-corrected chi connectivity index (χ4v) is 3.24. The number of quaternary nitrogens is 1. The zero-order chi connectivity index (χ0) is 19.6. The minimum atomic E-state index is -1.45. The maximum atomic E-state index is 11.6. The van der Waals surface area contributed by atoms with Crippen LogP contribution in [-0.2, 0) is 14.4 Å². The van der Waals surface area contributed by atoms with Crippen LogP contribution in [0.4, 0.5) is 0 Å². The Morgan fingerprint density at radius 3 is 1.80 bits per heavy atom. The normalized spacial score (nSPS) is 17.6. The molecule has 2 N–H and O–H groups in total. The van der Waals surface area contributed by atoms with Crippen molar-refractivity contribution in [3.05, 3.63) is 12.2 Å². The number of hydrogen-bond acceptors (Lipinski definition) is 4. The van der Waals surface area contributed by atoms with E-state index >= 15 is 0 Å². The Bertz CT molecular complexity index is 438. The maximum Gasteiger partial charge on any atom is 0.362 e. The Labute approximate surface area is 149 Å². The number of carboxylic acids is 3. The average Bonchev–Trinajstić information content (AvgIpc) is 2.55. The first-order valence-electron chi connectivity index (χ1n) is 8.81. The highest BCUT2D eigenvalue weighted by Gasteiger charge is 2.50. The van der Waals surface area contributed by atoms with Crippen LogP contribution >= 0.6 is 0 Å². The number of hydrogen-bond donors (Lipinski definition) is 2. The molecule has 0 spiro atoms. The van der Waals surface area contributed by atoms with Gasteiger partial charge in [-0.05, 0) is 33.6 Å². The molecule has 0 radical (unpaired) electrons. The lowest BCUT2D eigenvalue weighted by Crippen LogP contribution is -2.71. The third-order valence-electron chi connectivity index (χ3n) is 5.04. The molecule has 3 unspecified atom stereocenters. The van der Waals surface area contributed by atoms with Crippen molar-refractivity contribution in [3.63, 3.8) is 0 Å². The molecule has 0 aliphatic carbocycles. The first kappa shape index (κ1) is 23.1. The van der Waals surface area contributed by atoms with Crippen LogP contribution in [0.5, 0.6) is 0 Å². The molecule has 0 saturated heterocycles. The van der Waals surface area contributed by atoms with Gasteiger partial charge >= 0.3 is 11.9 Å². The van der Waals surface area contributed by atoms with E-state index in [2.05, 4.69) is 6.92 Å². The molecule has 0 aromatic rings. The summed E-state index contributed by atoms with van der Waals surface area (Å²) < 4.78 is -0.591. The highest BCUT2D eigenvalue weighted by molar-refractivity contribution is 5.76. The topological polar surface area (TPSA) is 115 Å². The van der Waals surface area contributed by atoms with E-state index in [0.717, 1.165) is 25.7 Å². The van der Waals surface area contributed by atoms with Crippen LogP contribution in [0.25, 0.3) is 0 Å². The Morgan fingerprint density at radius 2 is 1.40 bits per heavy atom. The van der Waals surface area contributed by atoms with Crippen LogP contribution in [0.2, 0.25) is 0 Å². The van der Waals surface area contributed by atoms with Gasteiger partial charge in [-0.25, -0.2) is 9.59 Å². The van der Waals surface area contributed by atoms with E-state index in [4.69, 9.17) is 0 Å². The van der Waals surface area contributed by atoms with Crippen LogP contribution in [0.15, 0.2) is 12.2 Å². The van der Waals surface area contributed by atoms with Crippen LogP contribution in [0.1, 0.15) is 59.8 Å². The average molecular weight is 357 g/mol. The minimum Gasteiger partial charge on any atom is -0.544 e. The van der Waals surface area contributed by atoms with Gasteiger partial charge in [0, 0.05) is 6.42 Å². The molecule has 0 saturated carbocycles. The third kappa shape index (κ3) is 6.16. The second kappa shape index (κ2) is 10.9. The molecule has 7 nitrogen and oxygen atoms in total. The number of nitrogens with zero attached hydrogens (tertiary/aromatic N) is 1. The molecule has 3 atom stereocenters. The standard InChI is InChI=1S/C18H31NO6/c1-5-6-7-8-9-10-11-12-19(13(2)16(20)21,14(3)17(22)23)15(4)18(24)25/h9-10,13-15H,5-8,11-12H2,1-4H3,(H2-,20,21,22,23,24,25)/b10-9+. The molecule has 0 aliphatic rings. The number of allylic oxidation sites excluding steroid dienone is 1. The third-order valence-corrected chi connectivity index (χ3v) is 5.04. The number of aliphatic carboxylic acids is 3. The van der Waals surface area contributed by atoms with Crippen molar-refractivity contribution in [3.8, 4) is 0 Å². The van der Waals surface area contributed by atoms with Crippen molar-refractivity contribution < 1.29 is 34.2 Å². The predicted octanol–water partition coefficient (Wildman–Crippen LogP) is 1.41. The van der Waals surface area contributed by atoms with Crippen molar-refractivity contribution >= 4 is 17.9 Å². The summed E-state index contributed by atoms with van der Waals surface area (Å²) in [6.45, 7) is 6.23. The van der Waals surface area contributed by atoms with Gasteiger partial charge in [-0.2, -0.15) is 0 Å². The zero-order valence-corrected chi connectivity index (χ0v) is 15.6. The number of unbranched alkanes of at least 4 members (excludes halogenated alkanes) is 3. The van der Waals surface area contributed by atoms with Crippen LogP contribution in [0, 0.1) is 0 Å². The molecule has 0 heterocycles. The molecule has 0 aromatic carbocycles. The Balaban J connectivity index is 5.50. The van der Waals surface area contributed by atoms with Gasteiger partial charge in [0.25, 0.3) is 0 Å².